The summed E-state index contributed by atoms with van der Waals surface area (Å²) >= 11 is 0. The molecule has 0 aromatic heterocycles. The molecule has 3 nitrogen and oxygen atoms in total. The number of ether oxygens (including phenoxy) is 1. The highest BCUT2D eigenvalue weighted by molar-refractivity contribution is 5.85. The molecule has 6 heteroatoms. The van der Waals surface area contributed by atoms with Gasteiger partial charge in [-0.05, 0) is 24.6 Å². The van der Waals surface area contributed by atoms with E-state index in [1.165, 1.54) is 19.2 Å². The van der Waals surface area contributed by atoms with E-state index in [9.17, 15) is 8.78 Å². The molecule has 1 N–H and O–H groups in total. The summed E-state index contributed by atoms with van der Waals surface area (Å²) in [5.74, 6) is -1.04. The van der Waals surface area contributed by atoms with Crippen LogP contribution in [0.1, 0.15) is 18.6 Å². The molecule has 1 aliphatic heterocycles. The molecule has 0 bridgehead atoms. The fourth-order valence-corrected chi connectivity index (χ4v) is 2.15. The zero-order chi connectivity index (χ0) is 13.1. The SMILES string of the molecule is COC(C)c1cc(F)c(N2CCNCC2)c(F)c1.Cl. The summed E-state index contributed by atoms with van der Waals surface area (Å²) in [4.78, 5) is 1.74. The van der Waals surface area contributed by atoms with Crippen LogP contribution < -0.4 is 10.2 Å². The van der Waals surface area contributed by atoms with Crippen molar-refractivity contribution in [3.8, 4) is 0 Å². The smallest absolute Gasteiger partial charge is 0.149 e. The highest BCUT2D eigenvalue weighted by Crippen LogP contribution is 2.28. The lowest BCUT2D eigenvalue weighted by molar-refractivity contribution is 0.119. The summed E-state index contributed by atoms with van der Waals surface area (Å²) in [5.41, 5.74) is 0.593. The molecule has 19 heavy (non-hydrogen) atoms. The van der Waals surface area contributed by atoms with Crippen LogP contribution in [0.15, 0.2) is 12.1 Å². The van der Waals surface area contributed by atoms with Crippen molar-refractivity contribution in [2.75, 3.05) is 38.2 Å². The average molecular weight is 293 g/mol. The van der Waals surface area contributed by atoms with Gasteiger partial charge in [0.05, 0.1) is 6.10 Å². The van der Waals surface area contributed by atoms with Crippen LogP contribution in [0.4, 0.5) is 14.5 Å². The van der Waals surface area contributed by atoms with Gasteiger partial charge < -0.3 is 15.0 Å². The molecule has 0 saturated carbocycles. The lowest BCUT2D eigenvalue weighted by Gasteiger charge is -2.30. The minimum absolute atomic E-state index is 0. The van der Waals surface area contributed by atoms with Crippen LogP contribution in [-0.2, 0) is 4.74 Å². The predicted octanol–water partition coefficient (Wildman–Crippen LogP) is 2.50. The summed E-state index contributed by atoms with van der Waals surface area (Å²) in [6.07, 6.45) is -0.314. The van der Waals surface area contributed by atoms with Crippen molar-refractivity contribution < 1.29 is 13.5 Å². The number of benzene rings is 1. The number of halogens is 3. The minimum atomic E-state index is -0.518. The van der Waals surface area contributed by atoms with E-state index in [4.69, 9.17) is 4.74 Å². The fourth-order valence-electron chi connectivity index (χ4n) is 2.15. The Bertz CT molecular complexity index is 402. The third-order valence-electron chi connectivity index (χ3n) is 3.30. The minimum Gasteiger partial charge on any atom is -0.377 e. The predicted molar refractivity (Wildman–Crippen MR) is 74.1 cm³/mol. The molecular formula is C13H19ClF2N2O. The van der Waals surface area contributed by atoms with Gasteiger partial charge in [0, 0.05) is 33.3 Å². The molecule has 1 saturated heterocycles. The van der Waals surface area contributed by atoms with Crippen molar-refractivity contribution >= 4 is 18.1 Å². The Kier molecular flexibility index (Phi) is 5.97. The molecule has 1 aliphatic rings. The van der Waals surface area contributed by atoms with E-state index in [-0.39, 0.29) is 24.2 Å². The zero-order valence-electron chi connectivity index (χ0n) is 11.1. The van der Waals surface area contributed by atoms with Gasteiger partial charge in [0.25, 0.3) is 0 Å². The highest BCUT2D eigenvalue weighted by atomic mass is 35.5. The molecule has 0 amide bonds. The van der Waals surface area contributed by atoms with Gasteiger partial charge >= 0.3 is 0 Å². The first-order valence-corrected chi connectivity index (χ1v) is 6.11. The Morgan fingerprint density at radius 2 is 1.74 bits per heavy atom. The van der Waals surface area contributed by atoms with Gasteiger partial charge in [-0.2, -0.15) is 0 Å². The van der Waals surface area contributed by atoms with Crippen molar-refractivity contribution in [3.63, 3.8) is 0 Å². The molecule has 1 aromatic rings. The first kappa shape index (κ1) is 16.1. The van der Waals surface area contributed by atoms with E-state index in [0.717, 1.165) is 13.1 Å². The van der Waals surface area contributed by atoms with Gasteiger partial charge in [-0.1, -0.05) is 0 Å². The standard InChI is InChI=1S/C13H18F2N2O.ClH/c1-9(18-2)10-7-11(14)13(12(15)8-10)17-5-3-16-4-6-17;/h7-9,16H,3-6H2,1-2H3;1H. The lowest BCUT2D eigenvalue weighted by Crippen LogP contribution is -2.44. The molecule has 1 aromatic carbocycles. The summed E-state index contributed by atoms with van der Waals surface area (Å²) in [6, 6.07) is 2.71. The fraction of sp³-hybridized carbons (Fsp3) is 0.538. The molecule has 0 spiro atoms. The van der Waals surface area contributed by atoms with E-state index < -0.39 is 11.6 Å². The zero-order valence-corrected chi connectivity index (χ0v) is 11.9. The topological polar surface area (TPSA) is 24.5 Å². The molecular weight excluding hydrogens is 274 g/mol. The van der Waals surface area contributed by atoms with Crippen molar-refractivity contribution in [1.29, 1.82) is 0 Å². The van der Waals surface area contributed by atoms with Gasteiger partial charge in [-0.3, -0.25) is 0 Å². The maximum absolute atomic E-state index is 14.0. The summed E-state index contributed by atoms with van der Waals surface area (Å²) in [5, 5.41) is 3.16. The number of hydrogen-bond acceptors (Lipinski definition) is 3. The Hall–Kier alpha value is -0.910. The quantitative estimate of drug-likeness (QED) is 0.926. The first-order chi connectivity index (χ1) is 8.63. The third-order valence-corrected chi connectivity index (χ3v) is 3.30. The van der Waals surface area contributed by atoms with Gasteiger partial charge in [-0.15, -0.1) is 12.4 Å². The maximum atomic E-state index is 14.0. The number of hydrogen-bond donors (Lipinski definition) is 1. The molecule has 1 atom stereocenters. The molecule has 1 heterocycles. The monoisotopic (exact) mass is 292 g/mol. The molecule has 1 unspecified atom stereocenters. The number of nitrogens with zero attached hydrogens (tertiary/aromatic N) is 1. The van der Waals surface area contributed by atoms with Crippen LogP contribution in [-0.4, -0.2) is 33.3 Å². The van der Waals surface area contributed by atoms with Crippen molar-refractivity contribution in [2.45, 2.75) is 13.0 Å². The second-order valence-electron chi connectivity index (χ2n) is 4.45. The summed E-state index contributed by atoms with van der Waals surface area (Å²) < 4.78 is 33.1. The lowest BCUT2D eigenvalue weighted by atomic mass is 10.1. The van der Waals surface area contributed by atoms with Gasteiger partial charge in [0.15, 0.2) is 0 Å². The number of nitrogens with one attached hydrogen (secondary N) is 1. The van der Waals surface area contributed by atoms with Gasteiger partial charge in [0.2, 0.25) is 0 Å². The Labute approximate surface area is 118 Å². The molecule has 108 valence electrons. The van der Waals surface area contributed by atoms with Crippen molar-refractivity contribution in [1.82, 2.24) is 5.32 Å². The van der Waals surface area contributed by atoms with Crippen molar-refractivity contribution in [2.24, 2.45) is 0 Å². The Morgan fingerprint density at radius 3 is 2.21 bits per heavy atom. The number of piperazine rings is 1. The van der Waals surface area contributed by atoms with Gasteiger partial charge in [-0.25, -0.2) is 8.78 Å². The van der Waals surface area contributed by atoms with E-state index in [1.807, 2.05) is 0 Å². The first-order valence-electron chi connectivity index (χ1n) is 6.11. The van der Waals surface area contributed by atoms with Crippen LogP contribution in [0.2, 0.25) is 0 Å². The summed E-state index contributed by atoms with van der Waals surface area (Å²) in [6.45, 7) is 4.49. The average Bonchev–Trinajstić information content (AvgIpc) is 2.38. The normalized spacial score (nSPS) is 16.9. The molecule has 1 fully saturated rings. The van der Waals surface area contributed by atoms with E-state index in [1.54, 1.807) is 11.8 Å². The maximum Gasteiger partial charge on any atom is 0.149 e. The second kappa shape index (κ2) is 7.03. The molecule has 0 radical (unpaired) electrons. The largest absolute Gasteiger partial charge is 0.377 e. The van der Waals surface area contributed by atoms with Crippen molar-refractivity contribution in [3.05, 3.63) is 29.3 Å². The van der Waals surface area contributed by atoms with Gasteiger partial charge in [0.1, 0.15) is 17.3 Å². The van der Waals surface area contributed by atoms with Crippen LogP contribution in [0, 0.1) is 11.6 Å². The van der Waals surface area contributed by atoms with Crippen LogP contribution in [0.25, 0.3) is 0 Å². The van der Waals surface area contributed by atoms with E-state index in [2.05, 4.69) is 5.32 Å². The molecule has 0 aliphatic carbocycles. The van der Waals surface area contributed by atoms with Crippen LogP contribution in [0.3, 0.4) is 0 Å². The second-order valence-corrected chi connectivity index (χ2v) is 4.45. The van der Waals surface area contributed by atoms with E-state index in [0.29, 0.717) is 18.7 Å². The Morgan fingerprint density at radius 1 is 1.21 bits per heavy atom. The number of rotatable bonds is 3. The van der Waals surface area contributed by atoms with E-state index >= 15 is 0 Å². The Balaban J connectivity index is 0.00000180. The number of methoxy groups -OCH3 is 1. The van der Waals surface area contributed by atoms with Crippen LogP contribution >= 0.6 is 12.4 Å². The highest BCUT2D eigenvalue weighted by Gasteiger charge is 2.20. The summed E-state index contributed by atoms with van der Waals surface area (Å²) in [7, 11) is 1.52. The third kappa shape index (κ3) is 3.55. The van der Waals surface area contributed by atoms with Crippen LogP contribution in [0.5, 0.6) is 0 Å². The molecule has 2 rings (SSSR count). The number of anilines is 1.